The maximum Gasteiger partial charge on any atom is 0.243 e. The van der Waals surface area contributed by atoms with Crippen molar-refractivity contribution in [1.82, 2.24) is 14.1 Å². The van der Waals surface area contributed by atoms with Gasteiger partial charge in [0.15, 0.2) is 0 Å². The lowest BCUT2D eigenvalue weighted by atomic mass is 10.2. The van der Waals surface area contributed by atoms with Crippen LogP contribution < -0.4 is 0 Å². The van der Waals surface area contributed by atoms with Crippen LogP contribution in [0.3, 0.4) is 0 Å². The first-order valence-electron chi connectivity index (χ1n) is 10.3. The van der Waals surface area contributed by atoms with E-state index < -0.39 is 10.0 Å². The van der Waals surface area contributed by atoms with E-state index in [2.05, 4.69) is 4.90 Å². The van der Waals surface area contributed by atoms with E-state index in [-0.39, 0.29) is 11.9 Å². The molecule has 0 bridgehead atoms. The molecule has 162 valence electrons. The monoisotopic (exact) mass is 429 g/mol. The maximum absolute atomic E-state index is 13.1. The van der Waals surface area contributed by atoms with Gasteiger partial charge in [0.05, 0.1) is 10.9 Å². The van der Waals surface area contributed by atoms with Gasteiger partial charge in [-0.05, 0) is 43.5 Å². The van der Waals surface area contributed by atoms with E-state index >= 15 is 0 Å². The first-order chi connectivity index (χ1) is 14.2. The van der Waals surface area contributed by atoms with E-state index in [0.717, 1.165) is 16.7 Å². The molecular formula is C23H31N3O3S. The van der Waals surface area contributed by atoms with Gasteiger partial charge in [-0.2, -0.15) is 4.31 Å². The maximum atomic E-state index is 13.1. The third kappa shape index (κ3) is 4.91. The number of aryl methyl sites for hydroxylation is 2. The molecule has 0 unspecified atom stereocenters. The van der Waals surface area contributed by atoms with Crippen molar-refractivity contribution in [1.29, 1.82) is 0 Å². The summed E-state index contributed by atoms with van der Waals surface area (Å²) in [6, 6.07) is 15.1. The van der Waals surface area contributed by atoms with Crippen molar-refractivity contribution in [3.05, 3.63) is 65.2 Å². The Morgan fingerprint density at radius 1 is 1.03 bits per heavy atom. The number of rotatable bonds is 6. The Morgan fingerprint density at radius 3 is 2.30 bits per heavy atom. The van der Waals surface area contributed by atoms with Gasteiger partial charge in [-0.25, -0.2) is 8.42 Å². The van der Waals surface area contributed by atoms with Gasteiger partial charge in [-0.1, -0.05) is 42.5 Å². The molecule has 1 amide bonds. The predicted molar refractivity (Wildman–Crippen MR) is 119 cm³/mol. The number of hydrogen-bond donors (Lipinski definition) is 0. The zero-order valence-electron chi connectivity index (χ0n) is 18.2. The molecule has 1 aliphatic heterocycles. The van der Waals surface area contributed by atoms with Crippen LogP contribution in [0.15, 0.2) is 53.4 Å². The summed E-state index contributed by atoms with van der Waals surface area (Å²) in [6.45, 7) is 8.03. The van der Waals surface area contributed by atoms with Crippen molar-refractivity contribution >= 4 is 15.9 Å². The van der Waals surface area contributed by atoms with Crippen LogP contribution in [0.1, 0.15) is 23.6 Å². The largest absolute Gasteiger partial charge is 0.340 e. The van der Waals surface area contributed by atoms with Gasteiger partial charge in [-0.15, -0.1) is 0 Å². The van der Waals surface area contributed by atoms with Crippen LogP contribution in [-0.4, -0.2) is 67.7 Å². The lowest BCUT2D eigenvalue weighted by Crippen LogP contribution is -2.55. The first kappa shape index (κ1) is 22.5. The highest BCUT2D eigenvalue weighted by molar-refractivity contribution is 7.89. The van der Waals surface area contributed by atoms with E-state index in [4.69, 9.17) is 0 Å². The molecule has 2 aromatic rings. The van der Waals surface area contributed by atoms with Crippen LogP contribution >= 0.6 is 0 Å². The Balaban J connectivity index is 1.61. The number of amides is 1. The van der Waals surface area contributed by atoms with Crippen molar-refractivity contribution in [2.75, 3.05) is 33.2 Å². The van der Waals surface area contributed by atoms with Crippen LogP contribution in [0.25, 0.3) is 0 Å². The van der Waals surface area contributed by atoms with Crippen molar-refractivity contribution in [2.24, 2.45) is 0 Å². The fraction of sp³-hybridized carbons (Fsp3) is 0.435. The summed E-state index contributed by atoms with van der Waals surface area (Å²) in [5.41, 5.74) is 2.78. The lowest BCUT2D eigenvalue weighted by Gasteiger charge is -2.38. The Kier molecular flexibility index (Phi) is 6.95. The Morgan fingerprint density at radius 2 is 1.67 bits per heavy atom. The van der Waals surface area contributed by atoms with Crippen molar-refractivity contribution in [2.45, 2.75) is 38.3 Å². The average molecular weight is 430 g/mol. The lowest BCUT2D eigenvalue weighted by molar-refractivity contribution is -0.136. The molecule has 1 fully saturated rings. The molecule has 0 spiro atoms. The summed E-state index contributed by atoms with van der Waals surface area (Å²) >= 11 is 0. The second-order valence-electron chi connectivity index (χ2n) is 8.06. The van der Waals surface area contributed by atoms with Gasteiger partial charge < -0.3 is 4.90 Å². The van der Waals surface area contributed by atoms with E-state index in [1.54, 1.807) is 11.0 Å². The van der Waals surface area contributed by atoms with Crippen molar-refractivity contribution in [3.63, 3.8) is 0 Å². The number of likely N-dealkylation sites (N-methyl/N-ethyl adjacent to an activating group) is 1. The minimum absolute atomic E-state index is 0.0460. The Labute approximate surface area is 180 Å². The molecule has 3 rings (SSSR count). The van der Waals surface area contributed by atoms with Crippen LogP contribution in [0.2, 0.25) is 0 Å². The topological polar surface area (TPSA) is 60.9 Å². The molecule has 0 saturated carbocycles. The standard InChI is InChI=1S/C23H31N3O3S/c1-18-10-11-19(2)22(16-18)30(28,29)26-14-12-25(13-15-26)20(3)23(27)24(4)17-21-8-6-5-7-9-21/h5-11,16,20H,12-15,17H2,1-4H3/t20-/m0/s1. The smallest absolute Gasteiger partial charge is 0.243 e. The zero-order chi connectivity index (χ0) is 21.9. The van der Waals surface area contributed by atoms with Crippen molar-refractivity contribution < 1.29 is 13.2 Å². The number of sulfonamides is 1. The molecule has 0 aliphatic carbocycles. The predicted octanol–water partition coefficient (Wildman–Crippen LogP) is 2.66. The molecule has 7 heteroatoms. The summed E-state index contributed by atoms with van der Waals surface area (Å²) in [4.78, 5) is 17.1. The number of piperazine rings is 1. The fourth-order valence-electron chi connectivity index (χ4n) is 3.87. The second kappa shape index (κ2) is 9.29. The number of hydrogen-bond acceptors (Lipinski definition) is 4. The molecule has 1 aliphatic rings. The summed E-state index contributed by atoms with van der Waals surface area (Å²) in [7, 11) is -1.72. The first-order valence-corrected chi connectivity index (χ1v) is 11.7. The number of benzene rings is 2. The third-order valence-electron chi connectivity index (χ3n) is 5.78. The van der Waals surface area contributed by atoms with Gasteiger partial charge in [-0.3, -0.25) is 9.69 Å². The molecule has 1 heterocycles. The van der Waals surface area contributed by atoms with Crippen molar-refractivity contribution in [3.8, 4) is 0 Å². The third-order valence-corrected chi connectivity index (χ3v) is 7.82. The van der Waals surface area contributed by atoms with E-state index in [1.165, 1.54) is 4.31 Å². The molecular weight excluding hydrogens is 398 g/mol. The summed E-state index contributed by atoms with van der Waals surface area (Å²) in [6.07, 6.45) is 0. The van der Waals surface area contributed by atoms with Crippen LogP contribution in [-0.2, 0) is 21.4 Å². The van der Waals surface area contributed by atoms with E-state index in [1.807, 2.05) is 70.3 Å². The molecule has 0 aromatic heterocycles. The zero-order valence-corrected chi connectivity index (χ0v) is 19.0. The number of carbonyl (C=O) groups excluding carboxylic acids is 1. The van der Waals surface area contributed by atoms with E-state index in [9.17, 15) is 13.2 Å². The van der Waals surface area contributed by atoms with Crippen LogP contribution in [0.5, 0.6) is 0 Å². The minimum atomic E-state index is -3.53. The van der Waals surface area contributed by atoms with Crippen LogP contribution in [0, 0.1) is 13.8 Å². The molecule has 0 N–H and O–H groups in total. The quantitative estimate of drug-likeness (QED) is 0.708. The molecule has 1 atom stereocenters. The highest BCUT2D eigenvalue weighted by Crippen LogP contribution is 2.23. The van der Waals surface area contributed by atoms with Gasteiger partial charge in [0, 0.05) is 39.8 Å². The van der Waals surface area contributed by atoms with Gasteiger partial charge >= 0.3 is 0 Å². The van der Waals surface area contributed by atoms with Gasteiger partial charge in [0.1, 0.15) is 0 Å². The van der Waals surface area contributed by atoms with E-state index in [0.29, 0.717) is 37.6 Å². The fourth-order valence-corrected chi connectivity index (χ4v) is 5.60. The van der Waals surface area contributed by atoms with Crippen LogP contribution in [0.4, 0.5) is 0 Å². The average Bonchev–Trinajstić information content (AvgIpc) is 2.75. The van der Waals surface area contributed by atoms with Gasteiger partial charge in [0.25, 0.3) is 0 Å². The highest BCUT2D eigenvalue weighted by Gasteiger charge is 2.33. The summed E-state index contributed by atoms with van der Waals surface area (Å²) in [5.74, 6) is 0.0460. The molecule has 6 nitrogen and oxygen atoms in total. The molecule has 2 aromatic carbocycles. The normalized spacial score (nSPS) is 16.9. The number of nitrogens with zero attached hydrogens (tertiary/aromatic N) is 3. The highest BCUT2D eigenvalue weighted by atomic mass is 32.2. The number of carbonyl (C=O) groups is 1. The summed E-state index contributed by atoms with van der Waals surface area (Å²) < 4.78 is 27.8. The SMILES string of the molecule is Cc1ccc(C)c(S(=O)(=O)N2CCN([C@@H](C)C(=O)N(C)Cc3ccccc3)CC2)c1. The second-order valence-corrected chi connectivity index (χ2v) is 9.97. The molecule has 30 heavy (non-hydrogen) atoms. The molecule has 0 radical (unpaired) electrons. The summed E-state index contributed by atoms with van der Waals surface area (Å²) in [5, 5.41) is 0. The van der Waals surface area contributed by atoms with Gasteiger partial charge in [0.2, 0.25) is 15.9 Å². The minimum Gasteiger partial charge on any atom is -0.340 e. The Hall–Kier alpha value is -2.22. The Bertz CT molecular complexity index is 984. The molecule has 1 saturated heterocycles.